The van der Waals surface area contributed by atoms with Crippen molar-refractivity contribution in [2.45, 2.75) is 36.1 Å². The molecule has 0 saturated heterocycles. The van der Waals surface area contributed by atoms with Gasteiger partial charge in [-0.25, -0.2) is 8.78 Å². The number of thioether (sulfide) groups is 1. The number of hydrogen-bond donors (Lipinski definition) is 1. The van der Waals surface area contributed by atoms with E-state index in [2.05, 4.69) is 17.4 Å². The maximum Gasteiger partial charge on any atom is 0.130 e. The lowest BCUT2D eigenvalue weighted by Gasteiger charge is -2.07. The lowest BCUT2D eigenvalue weighted by Crippen LogP contribution is -2.15. The van der Waals surface area contributed by atoms with Crippen LogP contribution < -0.4 is 5.32 Å². The molecule has 1 nitrogen and oxygen atoms in total. The monoisotopic (exact) mass is 305 g/mol. The van der Waals surface area contributed by atoms with Crippen molar-refractivity contribution in [3.63, 3.8) is 0 Å². The molecule has 0 unspecified atom stereocenters. The van der Waals surface area contributed by atoms with E-state index in [1.807, 2.05) is 12.1 Å². The van der Waals surface area contributed by atoms with Gasteiger partial charge in [-0.15, -0.1) is 11.8 Å². The van der Waals surface area contributed by atoms with Gasteiger partial charge in [0, 0.05) is 29.3 Å². The van der Waals surface area contributed by atoms with Gasteiger partial charge in [-0.3, -0.25) is 0 Å². The third kappa shape index (κ3) is 4.29. The highest BCUT2D eigenvalue weighted by atomic mass is 32.2. The Bertz CT molecular complexity index is 626. The third-order valence-corrected chi connectivity index (χ3v) is 4.52. The summed E-state index contributed by atoms with van der Waals surface area (Å²) in [5.41, 5.74) is 1.77. The molecule has 2 aromatic carbocycles. The first-order valence-electron chi connectivity index (χ1n) is 7.10. The minimum Gasteiger partial charge on any atom is -0.310 e. The SMILES string of the molecule is Fc1ccc(CSc2cccc(CNC3CC3)c2)c(F)c1. The molecule has 0 heterocycles. The van der Waals surface area contributed by atoms with Crippen LogP contribution in [0.25, 0.3) is 0 Å². The minimum atomic E-state index is -0.533. The Kier molecular flexibility index (Phi) is 4.56. The standard InChI is InChI=1S/C17H17F2NS/c18-14-5-4-13(17(19)9-14)11-21-16-3-1-2-12(8-16)10-20-15-6-7-15/h1-5,8-9,15,20H,6-7,10-11H2. The zero-order chi connectivity index (χ0) is 14.7. The minimum absolute atomic E-state index is 0.478. The summed E-state index contributed by atoms with van der Waals surface area (Å²) in [7, 11) is 0. The second-order valence-corrected chi connectivity index (χ2v) is 6.38. The van der Waals surface area contributed by atoms with Crippen molar-refractivity contribution in [3.8, 4) is 0 Å². The molecule has 1 N–H and O–H groups in total. The average Bonchev–Trinajstić information content (AvgIpc) is 3.29. The lowest BCUT2D eigenvalue weighted by atomic mass is 10.2. The Labute approximate surface area is 127 Å². The molecule has 21 heavy (non-hydrogen) atoms. The summed E-state index contributed by atoms with van der Waals surface area (Å²) in [5, 5.41) is 3.48. The summed E-state index contributed by atoms with van der Waals surface area (Å²) < 4.78 is 26.5. The maximum absolute atomic E-state index is 13.6. The molecule has 1 saturated carbocycles. The molecule has 0 atom stereocenters. The molecule has 0 radical (unpaired) electrons. The molecule has 1 fully saturated rings. The van der Waals surface area contributed by atoms with E-state index in [-0.39, 0.29) is 0 Å². The number of nitrogens with one attached hydrogen (secondary N) is 1. The summed E-state index contributed by atoms with van der Waals surface area (Å²) in [5.74, 6) is -0.505. The Morgan fingerprint density at radius 1 is 1.10 bits per heavy atom. The van der Waals surface area contributed by atoms with E-state index >= 15 is 0 Å². The van der Waals surface area contributed by atoms with E-state index in [1.54, 1.807) is 11.8 Å². The molecule has 3 rings (SSSR count). The van der Waals surface area contributed by atoms with E-state index in [4.69, 9.17) is 0 Å². The summed E-state index contributed by atoms with van der Waals surface area (Å²) in [4.78, 5) is 1.11. The van der Waals surface area contributed by atoms with Gasteiger partial charge in [0.25, 0.3) is 0 Å². The smallest absolute Gasteiger partial charge is 0.130 e. The van der Waals surface area contributed by atoms with E-state index in [1.165, 1.54) is 30.5 Å². The number of halogens is 2. The second-order valence-electron chi connectivity index (χ2n) is 5.33. The predicted octanol–water partition coefficient (Wildman–Crippen LogP) is 4.51. The van der Waals surface area contributed by atoms with Crippen LogP contribution in [0.1, 0.15) is 24.0 Å². The van der Waals surface area contributed by atoms with Gasteiger partial charge < -0.3 is 5.32 Å². The summed E-state index contributed by atoms with van der Waals surface area (Å²) in [6.07, 6.45) is 2.55. The molecule has 0 spiro atoms. The molecule has 0 amide bonds. The Morgan fingerprint density at radius 2 is 1.95 bits per heavy atom. The van der Waals surface area contributed by atoms with Crippen LogP contribution >= 0.6 is 11.8 Å². The van der Waals surface area contributed by atoms with E-state index in [0.29, 0.717) is 17.4 Å². The molecule has 0 aliphatic heterocycles. The van der Waals surface area contributed by atoms with Crippen molar-refractivity contribution in [2.24, 2.45) is 0 Å². The van der Waals surface area contributed by atoms with Crippen LogP contribution in [0.4, 0.5) is 8.78 Å². The first-order valence-corrected chi connectivity index (χ1v) is 8.08. The quantitative estimate of drug-likeness (QED) is 0.788. The zero-order valence-electron chi connectivity index (χ0n) is 11.6. The molecule has 110 valence electrons. The molecule has 0 aromatic heterocycles. The Hall–Kier alpha value is -1.39. The third-order valence-electron chi connectivity index (χ3n) is 3.48. The average molecular weight is 305 g/mol. The highest BCUT2D eigenvalue weighted by Gasteiger charge is 2.19. The van der Waals surface area contributed by atoms with Gasteiger partial charge in [0.1, 0.15) is 11.6 Å². The van der Waals surface area contributed by atoms with E-state index in [9.17, 15) is 8.78 Å². The van der Waals surface area contributed by atoms with Crippen molar-refractivity contribution in [1.29, 1.82) is 0 Å². The van der Waals surface area contributed by atoms with E-state index < -0.39 is 11.6 Å². The van der Waals surface area contributed by atoms with Gasteiger partial charge in [0.2, 0.25) is 0 Å². The summed E-state index contributed by atoms with van der Waals surface area (Å²) >= 11 is 1.57. The highest BCUT2D eigenvalue weighted by Crippen LogP contribution is 2.26. The Morgan fingerprint density at radius 3 is 2.71 bits per heavy atom. The topological polar surface area (TPSA) is 12.0 Å². The first kappa shape index (κ1) is 14.5. The van der Waals surface area contributed by atoms with Crippen LogP contribution in [-0.2, 0) is 12.3 Å². The van der Waals surface area contributed by atoms with Crippen molar-refractivity contribution >= 4 is 11.8 Å². The van der Waals surface area contributed by atoms with Gasteiger partial charge in [-0.1, -0.05) is 18.2 Å². The van der Waals surface area contributed by atoms with Gasteiger partial charge in [-0.05, 0) is 42.2 Å². The predicted molar refractivity (Wildman–Crippen MR) is 82.2 cm³/mol. The van der Waals surface area contributed by atoms with Crippen molar-refractivity contribution in [1.82, 2.24) is 5.32 Å². The fourth-order valence-corrected chi connectivity index (χ4v) is 3.06. The van der Waals surface area contributed by atoms with E-state index in [0.717, 1.165) is 17.5 Å². The number of rotatable bonds is 6. The fourth-order valence-electron chi connectivity index (χ4n) is 2.09. The molecular weight excluding hydrogens is 288 g/mol. The molecule has 0 bridgehead atoms. The highest BCUT2D eigenvalue weighted by molar-refractivity contribution is 7.98. The van der Waals surface area contributed by atoms with Crippen molar-refractivity contribution in [3.05, 3.63) is 65.2 Å². The van der Waals surface area contributed by atoms with Gasteiger partial charge >= 0.3 is 0 Å². The first-order chi connectivity index (χ1) is 10.2. The second kappa shape index (κ2) is 6.58. The Balaban J connectivity index is 1.60. The summed E-state index contributed by atoms with van der Waals surface area (Å²) in [6, 6.07) is 12.7. The van der Waals surface area contributed by atoms with Crippen LogP contribution in [0.2, 0.25) is 0 Å². The van der Waals surface area contributed by atoms with Crippen LogP contribution in [0, 0.1) is 11.6 Å². The molecule has 1 aliphatic carbocycles. The molecular formula is C17H17F2NS. The largest absolute Gasteiger partial charge is 0.310 e. The molecule has 4 heteroatoms. The number of hydrogen-bond acceptors (Lipinski definition) is 2. The summed E-state index contributed by atoms with van der Waals surface area (Å²) in [6.45, 7) is 0.879. The molecule has 2 aromatic rings. The van der Waals surface area contributed by atoms with Crippen LogP contribution in [0.3, 0.4) is 0 Å². The van der Waals surface area contributed by atoms with Crippen molar-refractivity contribution in [2.75, 3.05) is 0 Å². The van der Waals surface area contributed by atoms with Gasteiger partial charge in [0.15, 0.2) is 0 Å². The lowest BCUT2D eigenvalue weighted by molar-refractivity contribution is 0.576. The van der Waals surface area contributed by atoms with Crippen LogP contribution in [0.15, 0.2) is 47.4 Å². The van der Waals surface area contributed by atoms with Gasteiger partial charge in [-0.2, -0.15) is 0 Å². The van der Waals surface area contributed by atoms with Crippen LogP contribution in [-0.4, -0.2) is 6.04 Å². The van der Waals surface area contributed by atoms with Crippen molar-refractivity contribution < 1.29 is 8.78 Å². The fraction of sp³-hybridized carbons (Fsp3) is 0.294. The van der Waals surface area contributed by atoms with Crippen LogP contribution in [0.5, 0.6) is 0 Å². The zero-order valence-corrected chi connectivity index (χ0v) is 12.4. The normalized spacial score (nSPS) is 14.4. The number of benzene rings is 2. The van der Waals surface area contributed by atoms with Gasteiger partial charge in [0.05, 0.1) is 0 Å². The molecule has 1 aliphatic rings. The maximum atomic E-state index is 13.6.